The number of anilines is 1. The van der Waals surface area contributed by atoms with E-state index in [9.17, 15) is 4.39 Å². The zero-order chi connectivity index (χ0) is 13.8. The van der Waals surface area contributed by atoms with Gasteiger partial charge in [-0.1, -0.05) is 13.8 Å². The van der Waals surface area contributed by atoms with Crippen molar-refractivity contribution in [1.29, 1.82) is 0 Å². The van der Waals surface area contributed by atoms with Crippen LogP contribution in [0.3, 0.4) is 0 Å². The Hall–Kier alpha value is -1.58. The average molecular weight is 261 g/mol. The van der Waals surface area contributed by atoms with E-state index in [2.05, 4.69) is 23.4 Å². The smallest absolute Gasteiger partial charge is 0.201 e. The molecule has 1 heterocycles. The van der Waals surface area contributed by atoms with Gasteiger partial charge in [-0.3, -0.25) is 0 Å². The van der Waals surface area contributed by atoms with Crippen molar-refractivity contribution in [1.82, 2.24) is 9.55 Å². The van der Waals surface area contributed by atoms with Crippen molar-refractivity contribution in [2.45, 2.75) is 46.1 Å². The van der Waals surface area contributed by atoms with Crippen molar-refractivity contribution in [3.8, 4) is 0 Å². The highest BCUT2D eigenvalue weighted by Gasteiger charge is 2.33. The van der Waals surface area contributed by atoms with Crippen LogP contribution in [0.4, 0.5) is 10.3 Å². The molecule has 1 aromatic carbocycles. The maximum Gasteiger partial charge on any atom is 0.201 e. The van der Waals surface area contributed by atoms with Crippen LogP contribution in [0.15, 0.2) is 12.1 Å². The number of nitrogens with two attached hydrogens (primary N) is 1. The standard InChI is InChI=1S/C15H20FN3/c1-9-6-13-12(7-11(9)16)18-14(17)19(13)10-4-5-15(2,3)8-10/h6-7,10H,4-5,8H2,1-3H3,(H2,17,18). The Bertz CT molecular complexity index is 642. The normalized spacial score (nSPS) is 22.2. The summed E-state index contributed by atoms with van der Waals surface area (Å²) in [6.07, 6.45) is 3.40. The van der Waals surface area contributed by atoms with E-state index < -0.39 is 0 Å². The van der Waals surface area contributed by atoms with Gasteiger partial charge in [-0.25, -0.2) is 9.37 Å². The molecule has 0 bridgehead atoms. The number of fused-ring (bicyclic) bond motifs is 1. The molecule has 19 heavy (non-hydrogen) atoms. The van der Waals surface area contributed by atoms with Crippen molar-refractivity contribution in [3.05, 3.63) is 23.5 Å². The van der Waals surface area contributed by atoms with Gasteiger partial charge in [0.25, 0.3) is 0 Å². The predicted octanol–water partition coefficient (Wildman–Crippen LogP) is 3.82. The number of nitrogens with zero attached hydrogens (tertiary/aromatic N) is 2. The third-order valence-corrected chi connectivity index (χ3v) is 4.30. The second kappa shape index (κ2) is 3.95. The van der Waals surface area contributed by atoms with Gasteiger partial charge in [0.1, 0.15) is 5.82 Å². The molecule has 0 amide bonds. The van der Waals surface area contributed by atoms with E-state index in [0.717, 1.165) is 18.4 Å². The molecule has 3 nitrogen and oxygen atoms in total. The highest BCUT2D eigenvalue weighted by molar-refractivity contribution is 5.79. The van der Waals surface area contributed by atoms with Gasteiger partial charge in [-0.15, -0.1) is 0 Å². The van der Waals surface area contributed by atoms with Crippen LogP contribution in [0.25, 0.3) is 11.0 Å². The first-order chi connectivity index (χ1) is 8.87. The number of hydrogen-bond acceptors (Lipinski definition) is 2. The Morgan fingerprint density at radius 2 is 2.16 bits per heavy atom. The molecule has 3 rings (SSSR count). The Labute approximate surface area is 112 Å². The maximum atomic E-state index is 13.6. The third kappa shape index (κ3) is 1.99. The number of imidazole rings is 1. The van der Waals surface area contributed by atoms with Crippen LogP contribution >= 0.6 is 0 Å². The van der Waals surface area contributed by atoms with Crippen LogP contribution in [0.1, 0.15) is 44.7 Å². The van der Waals surface area contributed by atoms with Crippen molar-refractivity contribution in [2.75, 3.05) is 5.73 Å². The summed E-state index contributed by atoms with van der Waals surface area (Å²) in [5, 5.41) is 0. The van der Waals surface area contributed by atoms with Gasteiger partial charge in [-0.05, 0) is 43.2 Å². The van der Waals surface area contributed by atoms with Gasteiger partial charge in [0.05, 0.1) is 11.0 Å². The minimum Gasteiger partial charge on any atom is -0.369 e. The van der Waals surface area contributed by atoms with E-state index in [-0.39, 0.29) is 5.82 Å². The van der Waals surface area contributed by atoms with Gasteiger partial charge >= 0.3 is 0 Å². The summed E-state index contributed by atoms with van der Waals surface area (Å²) in [4.78, 5) is 4.31. The lowest BCUT2D eigenvalue weighted by Crippen LogP contribution is -2.11. The molecule has 0 saturated heterocycles. The first kappa shape index (κ1) is 12.5. The van der Waals surface area contributed by atoms with Crippen LogP contribution in [0.5, 0.6) is 0 Å². The quantitative estimate of drug-likeness (QED) is 0.848. The number of halogens is 1. The summed E-state index contributed by atoms with van der Waals surface area (Å²) in [7, 11) is 0. The number of hydrogen-bond donors (Lipinski definition) is 1. The van der Waals surface area contributed by atoms with Gasteiger partial charge in [0, 0.05) is 12.1 Å². The Morgan fingerprint density at radius 3 is 2.79 bits per heavy atom. The van der Waals surface area contributed by atoms with Crippen molar-refractivity contribution >= 4 is 17.0 Å². The molecule has 0 aliphatic heterocycles. The molecule has 1 aliphatic carbocycles. The molecule has 2 N–H and O–H groups in total. The zero-order valence-electron chi connectivity index (χ0n) is 11.7. The van der Waals surface area contributed by atoms with Crippen molar-refractivity contribution in [2.24, 2.45) is 5.41 Å². The highest BCUT2D eigenvalue weighted by Crippen LogP contribution is 2.45. The molecule has 2 aromatic rings. The van der Waals surface area contributed by atoms with Crippen LogP contribution in [0.2, 0.25) is 0 Å². The Balaban J connectivity index is 2.13. The summed E-state index contributed by atoms with van der Waals surface area (Å²) in [5.41, 5.74) is 8.66. The summed E-state index contributed by atoms with van der Waals surface area (Å²) in [6.45, 7) is 6.35. The van der Waals surface area contributed by atoms with Crippen LogP contribution in [-0.4, -0.2) is 9.55 Å². The molecule has 1 atom stereocenters. The molecule has 0 radical (unpaired) electrons. The third-order valence-electron chi connectivity index (χ3n) is 4.30. The van der Waals surface area contributed by atoms with Crippen LogP contribution in [-0.2, 0) is 0 Å². The highest BCUT2D eigenvalue weighted by atomic mass is 19.1. The molecule has 1 saturated carbocycles. The lowest BCUT2D eigenvalue weighted by Gasteiger charge is -2.19. The zero-order valence-corrected chi connectivity index (χ0v) is 11.7. The SMILES string of the molecule is Cc1cc2c(cc1F)nc(N)n2C1CCC(C)(C)C1. The first-order valence-electron chi connectivity index (χ1n) is 6.81. The molecule has 1 aromatic heterocycles. The number of benzene rings is 1. The molecule has 1 fully saturated rings. The number of aryl methyl sites for hydroxylation is 1. The Morgan fingerprint density at radius 1 is 1.42 bits per heavy atom. The molecule has 1 unspecified atom stereocenters. The summed E-state index contributed by atoms with van der Waals surface area (Å²) in [5.74, 6) is 0.284. The topological polar surface area (TPSA) is 43.8 Å². The number of rotatable bonds is 1. The number of aromatic nitrogens is 2. The van der Waals surface area contributed by atoms with E-state index in [1.165, 1.54) is 12.5 Å². The van der Waals surface area contributed by atoms with E-state index in [4.69, 9.17) is 5.73 Å². The lowest BCUT2D eigenvalue weighted by molar-refractivity contribution is 0.361. The summed E-state index contributed by atoms with van der Waals surface area (Å²) < 4.78 is 15.7. The molecule has 4 heteroatoms. The van der Waals surface area contributed by atoms with E-state index in [1.807, 2.05) is 6.07 Å². The second-order valence-electron chi connectivity index (χ2n) is 6.49. The molecule has 1 aliphatic rings. The van der Waals surface area contributed by atoms with Gasteiger partial charge in [0.2, 0.25) is 5.95 Å². The minimum absolute atomic E-state index is 0.219. The van der Waals surface area contributed by atoms with Crippen LogP contribution in [0, 0.1) is 18.2 Å². The van der Waals surface area contributed by atoms with E-state index >= 15 is 0 Å². The van der Waals surface area contributed by atoms with Gasteiger partial charge < -0.3 is 10.3 Å². The molecule has 102 valence electrons. The summed E-state index contributed by atoms with van der Waals surface area (Å²) in [6, 6.07) is 3.72. The largest absolute Gasteiger partial charge is 0.369 e. The molecule has 0 spiro atoms. The van der Waals surface area contributed by atoms with Gasteiger partial charge in [-0.2, -0.15) is 0 Å². The maximum absolute atomic E-state index is 13.6. The monoisotopic (exact) mass is 261 g/mol. The minimum atomic E-state index is -0.219. The average Bonchev–Trinajstić information content (AvgIpc) is 2.79. The fourth-order valence-corrected chi connectivity index (χ4v) is 3.24. The van der Waals surface area contributed by atoms with Crippen molar-refractivity contribution < 1.29 is 4.39 Å². The number of nitrogen functional groups attached to an aromatic ring is 1. The Kier molecular flexibility index (Phi) is 2.59. The first-order valence-corrected chi connectivity index (χ1v) is 6.81. The summed E-state index contributed by atoms with van der Waals surface area (Å²) >= 11 is 0. The molecular formula is C15H20FN3. The van der Waals surface area contributed by atoms with E-state index in [1.54, 1.807) is 6.92 Å². The lowest BCUT2D eigenvalue weighted by atomic mass is 9.92. The van der Waals surface area contributed by atoms with Gasteiger partial charge in [0.15, 0.2) is 0 Å². The van der Waals surface area contributed by atoms with Crippen LogP contribution < -0.4 is 5.73 Å². The predicted molar refractivity (Wildman–Crippen MR) is 75.5 cm³/mol. The van der Waals surface area contributed by atoms with Crippen molar-refractivity contribution in [3.63, 3.8) is 0 Å². The second-order valence-corrected chi connectivity index (χ2v) is 6.49. The van der Waals surface area contributed by atoms with E-state index in [0.29, 0.717) is 28.5 Å². The fourth-order valence-electron chi connectivity index (χ4n) is 3.24. The fraction of sp³-hybridized carbons (Fsp3) is 0.533. The molecular weight excluding hydrogens is 241 g/mol.